The predicted molar refractivity (Wildman–Crippen MR) is 80.0 cm³/mol. The van der Waals surface area contributed by atoms with Crippen LogP contribution >= 0.6 is 11.3 Å². The Hall–Kier alpha value is -2.06. The minimum Gasteiger partial charge on any atom is -0.322 e. The number of urea groups is 1. The van der Waals surface area contributed by atoms with Gasteiger partial charge in [0.2, 0.25) is 5.13 Å². The molecule has 1 aliphatic rings. The van der Waals surface area contributed by atoms with E-state index in [9.17, 15) is 4.79 Å². The molecule has 1 N–H and O–H groups in total. The molecule has 0 aromatic carbocycles. The third-order valence-electron chi connectivity index (χ3n) is 3.39. The van der Waals surface area contributed by atoms with Gasteiger partial charge in [0, 0.05) is 45.1 Å². The van der Waals surface area contributed by atoms with E-state index in [1.165, 1.54) is 16.9 Å². The molecule has 0 atom stereocenters. The van der Waals surface area contributed by atoms with Gasteiger partial charge < -0.3 is 4.90 Å². The summed E-state index contributed by atoms with van der Waals surface area (Å²) in [6, 6.07) is 3.94. The van der Waals surface area contributed by atoms with Crippen LogP contribution in [0.25, 0.3) is 0 Å². The second kappa shape index (κ2) is 6.59. The zero-order valence-electron chi connectivity index (χ0n) is 11.5. The van der Waals surface area contributed by atoms with E-state index in [0.29, 0.717) is 5.13 Å². The molecule has 0 saturated carbocycles. The molecular weight excluding hydrogens is 288 g/mol. The Bertz CT molecular complexity index is 568. The first-order valence-corrected chi connectivity index (χ1v) is 7.62. The summed E-state index contributed by atoms with van der Waals surface area (Å²) in [4.78, 5) is 20.2. The molecule has 7 nitrogen and oxygen atoms in total. The molecule has 1 aliphatic heterocycles. The zero-order valence-corrected chi connectivity index (χ0v) is 12.3. The van der Waals surface area contributed by atoms with Crippen molar-refractivity contribution in [3.63, 3.8) is 0 Å². The Morgan fingerprint density at radius 3 is 2.67 bits per heavy atom. The lowest BCUT2D eigenvalue weighted by molar-refractivity contribution is 0.143. The highest BCUT2D eigenvalue weighted by molar-refractivity contribution is 7.13. The van der Waals surface area contributed by atoms with Crippen LogP contribution in [0.5, 0.6) is 0 Å². The number of carbonyl (C=O) groups excluding carboxylic acids is 1. The summed E-state index contributed by atoms with van der Waals surface area (Å²) < 4.78 is 0. The van der Waals surface area contributed by atoms with Crippen molar-refractivity contribution >= 4 is 22.5 Å². The van der Waals surface area contributed by atoms with E-state index in [1.807, 2.05) is 17.0 Å². The first-order chi connectivity index (χ1) is 10.3. The van der Waals surface area contributed by atoms with Crippen molar-refractivity contribution < 1.29 is 4.79 Å². The zero-order chi connectivity index (χ0) is 14.5. The topological polar surface area (TPSA) is 74.2 Å². The summed E-state index contributed by atoms with van der Waals surface area (Å²) in [6.07, 6.45) is 3.61. The maximum absolute atomic E-state index is 12.1. The normalized spacial score (nSPS) is 15.9. The van der Waals surface area contributed by atoms with Crippen LogP contribution in [-0.2, 0) is 6.54 Å². The van der Waals surface area contributed by atoms with E-state index >= 15 is 0 Å². The number of aromatic nitrogens is 3. The maximum Gasteiger partial charge on any atom is 0.323 e. The van der Waals surface area contributed by atoms with Crippen molar-refractivity contribution in [2.45, 2.75) is 6.54 Å². The minimum atomic E-state index is -0.102. The average Bonchev–Trinajstić information content (AvgIpc) is 3.02. The molecule has 0 bridgehead atoms. The van der Waals surface area contributed by atoms with E-state index < -0.39 is 0 Å². The molecule has 3 heterocycles. The molecule has 0 radical (unpaired) electrons. The van der Waals surface area contributed by atoms with Gasteiger partial charge in [-0.2, -0.15) is 0 Å². The van der Waals surface area contributed by atoms with Crippen molar-refractivity contribution in [3.8, 4) is 0 Å². The average molecular weight is 304 g/mol. The molecule has 3 rings (SSSR count). The highest BCUT2D eigenvalue weighted by Crippen LogP contribution is 2.12. The van der Waals surface area contributed by atoms with Gasteiger partial charge in [0.05, 0.1) is 0 Å². The Morgan fingerprint density at radius 2 is 2.00 bits per heavy atom. The number of anilines is 1. The molecule has 1 fully saturated rings. The summed E-state index contributed by atoms with van der Waals surface area (Å²) in [7, 11) is 0. The predicted octanol–water partition coefficient (Wildman–Crippen LogP) is 1.28. The number of amides is 2. The van der Waals surface area contributed by atoms with Crippen LogP contribution in [0.4, 0.5) is 9.93 Å². The third kappa shape index (κ3) is 3.73. The number of rotatable bonds is 3. The number of carbonyl (C=O) groups is 1. The first kappa shape index (κ1) is 13.9. The maximum atomic E-state index is 12.1. The van der Waals surface area contributed by atoms with E-state index in [0.717, 1.165) is 32.7 Å². The van der Waals surface area contributed by atoms with Gasteiger partial charge in [-0.15, -0.1) is 10.2 Å². The van der Waals surface area contributed by atoms with Gasteiger partial charge in [0.25, 0.3) is 0 Å². The van der Waals surface area contributed by atoms with Crippen molar-refractivity contribution in [1.29, 1.82) is 0 Å². The number of piperazine rings is 1. The molecular formula is C13H16N6OS. The van der Waals surface area contributed by atoms with E-state index in [-0.39, 0.29) is 6.03 Å². The molecule has 2 aromatic heterocycles. The van der Waals surface area contributed by atoms with E-state index in [2.05, 4.69) is 25.4 Å². The number of nitrogens with zero attached hydrogens (tertiary/aromatic N) is 5. The van der Waals surface area contributed by atoms with Gasteiger partial charge >= 0.3 is 6.03 Å². The van der Waals surface area contributed by atoms with Crippen LogP contribution in [0.2, 0.25) is 0 Å². The van der Waals surface area contributed by atoms with Gasteiger partial charge in [-0.3, -0.25) is 15.2 Å². The van der Waals surface area contributed by atoms with Gasteiger partial charge in [0.1, 0.15) is 5.51 Å². The van der Waals surface area contributed by atoms with Crippen LogP contribution in [0, 0.1) is 0 Å². The number of pyridine rings is 1. The standard InChI is InChI=1S/C13H16N6OS/c20-13(16-12-17-15-10-21-12)19-7-5-18(6-8-19)9-11-1-3-14-4-2-11/h1-4,10H,5-9H2,(H,16,17,20). The quantitative estimate of drug-likeness (QED) is 0.924. The van der Waals surface area contributed by atoms with E-state index in [4.69, 9.17) is 0 Å². The van der Waals surface area contributed by atoms with Crippen molar-refractivity contribution in [1.82, 2.24) is 25.0 Å². The number of hydrogen-bond donors (Lipinski definition) is 1. The molecule has 0 aliphatic carbocycles. The molecule has 1 saturated heterocycles. The highest BCUT2D eigenvalue weighted by Gasteiger charge is 2.21. The van der Waals surface area contributed by atoms with Crippen LogP contribution in [-0.4, -0.2) is 57.2 Å². The summed E-state index contributed by atoms with van der Waals surface area (Å²) in [5.41, 5.74) is 2.85. The van der Waals surface area contributed by atoms with Crippen LogP contribution in [0.15, 0.2) is 30.0 Å². The van der Waals surface area contributed by atoms with Gasteiger partial charge in [-0.1, -0.05) is 11.3 Å². The van der Waals surface area contributed by atoms with Gasteiger partial charge in [0.15, 0.2) is 0 Å². The molecule has 21 heavy (non-hydrogen) atoms. The van der Waals surface area contributed by atoms with Crippen molar-refractivity contribution in [2.24, 2.45) is 0 Å². The second-order valence-electron chi connectivity index (χ2n) is 4.79. The fraction of sp³-hybridized carbons (Fsp3) is 0.385. The van der Waals surface area contributed by atoms with Crippen molar-refractivity contribution in [3.05, 3.63) is 35.6 Å². The summed E-state index contributed by atoms with van der Waals surface area (Å²) in [5.74, 6) is 0. The van der Waals surface area contributed by atoms with E-state index in [1.54, 1.807) is 17.9 Å². The highest BCUT2D eigenvalue weighted by atomic mass is 32.1. The molecule has 110 valence electrons. The molecule has 2 aromatic rings. The summed E-state index contributed by atoms with van der Waals surface area (Å²) in [6.45, 7) is 4.07. The van der Waals surface area contributed by atoms with Gasteiger partial charge in [-0.05, 0) is 17.7 Å². The van der Waals surface area contributed by atoms with Gasteiger partial charge in [-0.25, -0.2) is 4.79 Å². The molecule has 2 amide bonds. The Labute approximate surface area is 126 Å². The Kier molecular flexibility index (Phi) is 4.37. The van der Waals surface area contributed by atoms with Crippen molar-refractivity contribution in [2.75, 3.05) is 31.5 Å². The summed E-state index contributed by atoms with van der Waals surface area (Å²) in [5, 5.41) is 10.8. The lowest BCUT2D eigenvalue weighted by Crippen LogP contribution is -2.49. The fourth-order valence-electron chi connectivity index (χ4n) is 2.25. The Morgan fingerprint density at radius 1 is 1.24 bits per heavy atom. The summed E-state index contributed by atoms with van der Waals surface area (Å²) >= 11 is 1.32. The van der Waals surface area contributed by atoms with Crippen LogP contribution < -0.4 is 5.32 Å². The second-order valence-corrected chi connectivity index (χ2v) is 5.63. The smallest absolute Gasteiger partial charge is 0.322 e. The molecule has 0 unspecified atom stereocenters. The third-order valence-corrected chi connectivity index (χ3v) is 4.00. The lowest BCUT2D eigenvalue weighted by atomic mass is 10.2. The number of hydrogen-bond acceptors (Lipinski definition) is 6. The monoisotopic (exact) mass is 304 g/mol. The minimum absolute atomic E-state index is 0.102. The largest absolute Gasteiger partial charge is 0.323 e. The van der Waals surface area contributed by atoms with Crippen LogP contribution in [0.1, 0.15) is 5.56 Å². The number of nitrogens with one attached hydrogen (secondary N) is 1. The lowest BCUT2D eigenvalue weighted by Gasteiger charge is -2.34. The molecule has 8 heteroatoms. The SMILES string of the molecule is O=C(Nc1nncs1)N1CCN(Cc2ccncc2)CC1. The fourth-order valence-corrected chi connectivity index (χ4v) is 2.69. The first-order valence-electron chi connectivity index (χ1n) is 6.74. The molecule has 0 spiro atoms. The van der Waals surface area contributed by atoms with Crippen LogP contribution in [0.3, 0.4) is 0 Å². The Balaban J connectivity index is 1.47.